The highest BCUT2D eigenvalue weighted by atomic mass is 79.9. The average molecular weight is 150 g/mol. The van der Waals surface area contributed by atoms with Crippen LogP contribution in [0, 0.1) is 0 Å². The molecule has 0 aromatic carbocycles. The van der Waals surface area contributed by atoms with Gasteiger partial charge in [0, 0.05) is 16.8 Å². The molecule has 0 radical (unpaired) electrons. The van der Waals surface area contributed by atoms with E-state index in [1.54, 1.807) is 0 Å². The lowest BCUT2D eigenvalue weighted by molar-refractivity contribution is 1.13. The Morgan fingerprint density at radius 3 is 2.67 bits per heavy atom. The molecule has 0 aliphatic carbocycles. The third kappa shape index (κ3) is 3.79. The molecule has 0 aliphatic heterocycles. The van der Waals surface area contributed by atoms with Crippen LogP contribution in [0.3, 0.4) is 0 Å². The molecule has 4 heteroatoms. The SMILES string of the molecule is [N-]=[N+]=NCCBr. The topological polar surface area (TPSA) is 48.8 Å². The van der Waals surface area contributed by atoms with Crippen LogP contribution < -0.4 is 0 Å². The van der Waals surface area contributed by atoms with Gasteiger partial charge in [0.05, 0.1) is 0 Å². The summed E-state index contributed by atoms with van der Waals surface area (Å²) in [5.74, 6) is 0. The fourth-order valence-electron chi connectivity index (χ4n) is 0.0825. The Kier molecular flexibility index (Phi) is 4.62. The number of hydrogen-bond acceptors (Lipinski definition) is 1. The summed E-state index contributed by atoms with van der Waals surface area (Å²) in [7, 11) is 0. The molecule has 0 atom stereocenters. The lowest BCUT2D eigenvalue weighted by Gasteiger charge is -1.69. The molecule has 0 N–H and O–H groups in total. The third-order valence-electron chi connectivity index (χ3n) is 0.248. The van der Waals surface area contributed by atoms with Crippen LogP contribution in [0.15, 0.2) is 5.11 Å². The van der Waals surface area contributed by atoms with Gasteiger partial charge in [-0.05, 0) is 5.53 Å². The predicted octanol–water partition coefficient (Wildman–Crippen LogP) is 1.69. The second kappa shape index (κ2) is 4.79. The first-order valence-corrected chi connectivity index (χ1v) is 2.60. The minimum Gasteiger partial charge on any atom is -0.0931 e. The molecule has 0 amide bonds. The van der Waals surface area contributed by atoms with Crippen molar-refractivity contribution in [3.63, 3.8) is 0 Å². The number of hydrogen-bond donors (Lipinski definition) is 0. The van der Waals surface area contributed by atoms with Crippen molar-refractivity contribution < 1.29 is 0 Å². The maximum atomic E-state index is 7.63. The monoisotopic (exact) mass is 149 g/mol. The van der Waals surface area contributed by atoms with Crippen molar-refractivity contribution in [3.8, 4) is 0 Å². The van der Waals surface area contributed by atoms with Gasteiger partial charge in [-0.2, -0.15) is 0 Å². The van der Waals surface area contributed by atoms with E-state index in [0.29, 0.717) is 6.54 Å². The molecule has 0 saturated carbocycles. The Morgan fingerprint density at radius 1 is 1.83 bits per heavy atom. The van der Waals surface area contributed by atoms with Crippen molar-refractivity contribution >= 4 is 15.9 Å². The minimum absolute atomic E-state index is 0.538. The Bertz CT molecular complexity index is 65.2. The third-order valence-corrected chi connectivity index (χ3v) is 0.602. The van der Waals surface area contributed by atoms with Crippen molar-refractivity contribution in [2.45, 2.75) is 0 Å². The summed E-state index contributed by atoms with van der Waals surface area (Å²) in [6.07, 6.45) is 0. The summed E-state index contributed by atoms with van der Waals surface area (Å²) in [4.78, 5) is 2.52. The molecule has 6 heavy (non-hydrogen) atoms. The van der Waals surface area contributed by atoms with Crippen LogP contribution >= 0.6 is 15.9 Å². The van der Waals surface area contributed by atoms with E-state index in [9.17, 15) is 0 Å². The first-order chi connectivity index (χ1) is 2.91. The number of nitrogens with zero attached hydrogens (tertiary/aromatic N) is 3. The zero-order valence-corrected chi connectivity index (χ0v) is 4.72. The summed E-state index contributed by atoms with van der Waals surface area (Å²) in [5, 5.41) is 3.97. The van der Waals surface area contributed by atoms with Crippen LogP contribution in [-0.2, 0) is 0 Å². The Balaban J connectivity index is 2.86. The van der Waals surface area contributed by atoms with Crippen LogP contribution in [0.4, 0.5) is 0 Å². The standard InChI is InChI=1S/C2H4BrN3/c3-1-2-5-6-4/h1-2H2. The highest BCUT2D eigenvalue weighted by Crippen LogP contribution is 1.78. The van der Waals surface area contributed by atoms with E-state index in [0.717, 1.165) is 5.33 Å². The van der Waals surface area contributed by atoms with E-state index in [-0.39, 0.29) is 0 Å². The smallest absolute Gasteiger partial charge is 0.0355 e. The lowest BCUT2D eigenvalue weighted by atomic mass is 10.8. The van der Waals surface area contributed by atoms with Crippen molar-refractivity contribution in [2.75, 3.05) is 11.9 Å². The van der Waals surface area contributed by atoms with Gasteiger partial charge < -0.3 is 0 Å². The normalized spacial score (nSPS) is 6.83. The zero-order valence-electron chi connectivity index (χ0n) is 3.13. The van der Waals surface area contributed by atoms with Gasteiger partial charge in [-0.1, -0.05) is 21.0 Å². The maximum Gasteiger partial charge on any atom is 0.0355 e. The lowest BCUT2D eigenvalue weighted by Crippen LogP contribution is -1.71. The van der Waals surface area contributed by atoms with Crippen LogP contribution in [0.25, 0.3) is 10.4 Å². The van der Waals surface area contributed by atoms with Crippen molar-refractivity contribution in [1.29, 1.82) is 0 Å². The quantitative estimate of drug-likeness (QED) is 0.249. The highest BCUT2D eigenvalue weighted by Gasteiger charge is 1.67. The predicted molar refractivity (Wildman–Crippen MR) is 27.8 cm³/mol. The van der Waals surface area contributed by atoms with E-state index in [4.69, 9.17) is 5.53 Å². The van der Waals surface area contributed by atoms with Crippen LogP contribution in [-0.4, -0.2) is 11.9 Å². The second-order valence-electron chi connectivity index (χ2n) is 0.643. The fourth-order valence-corrected chi connectivity index (χ4v) is 0.241. The highest BCUT2D eigenvalue weighted by molar-refractivity contribution is 9.09. The largest absolute Gasteiger partial charge is 0.0931 e. The van der Waals surface area contributed by atoms with Gasteiger partial charge in [-0.15, -0.1) is 0 Å². The van der Waals surface area contributed by atoms with Crippen molar-refractivity contribution in [3.05, 3.63) is 10.4 Å². The Morgan fingerprint density at radius 2 is 2.50 bits per heavy atom. The van der Waals surface area contributed by atoms with Gasteiger partial charge in [0.15, 0.2) is 0 Å². The average Bonchev–Trinajstić information content (AvgIpc) is 1.61. The Labute approximate surface area is 44.1 Å². The molecule has 0 unspecified atom stereocenters. The van der Waals surface area contributed by atoms with Crippen LogP contribution in [0.1, 0.15) is 0 Å². The van der Waals surface area contributed by atoms with Crippen LogP contribution in [0.5, 0.6) is 0 Å². The van der Waals surface area contributed by atoms with Gasteiger partial charge in [-0.25, -0.2) is 0 Å². The number of rotatable bonds is 2. The zero-order chi connectivity index (χ0) is 4.83. The molecule has 0 heterocycles. The molecule has 0 fully saturated rings. The molecule has 0 aromatic rings. The van der Waals surface area contributed by atoms with Gasteiger partial charge in [-0.3, -0.25) is 0 Å². The van der Waals surface area contributed by atoms with Crippen molar-refractivity contribution in [2.24, 2.45) is 5.11 Å². The second-order valence-corrected chi connectivity index (χ2v) is 1.44. The van der Waals surface area contributed by atoms with E-state index in [1.807, 2.05) is 0 Å². The first-order valence-electron chi connectivity index (χ1n) is 1.48. The summed E-state index contributed by atoms with van der Waals surface area (Å²) in [5.41, 5.74) is 7.63. The summed E-state index contributed by atoms with van der Waals surface area (Å²) < 4.78 is 0. The number of halogens is 1. The molecule has 0 rings (SSSR count). The summed E-state index contributed by atoms with van der Waals surface area (Å²) >= 11 is 3.09. The Hall–Kier alpha value is -0.210. The molecular weight excluding hydrogens is 146 g/mol. The van der Waals surface area contributed by atoms with E-state index in [1.165, 1.54) is 0 Å². The van der Waals surface area contributed by atoms with Gasteiger partial charge in [0.1, 0.15) is 0 Å². The number of alkyl halides is 1. The van der Waals surface area contributed by atoms with Gasteiger partial charge >= 0.3 is 0 Å². The van der Waals surface area contributed by atoms with Crippen molar-refractivity contribution in [1.82, 2.24) is 0 Å². The van der Waals surface area contributed by atoms with E-state index < -0.39 is 0 Å². The van der Waals surface area contributed by atoms with Gasteiger partial charge in [0.2, 0.25) is 0 Å². The molecule has 34 valence electrons. The molecule has 3 nitrogen and oxygen atoms in total. The van der Waals surface area contributed by atoms with E-state index in [2.05, 4.69) is 26.0 Å². The molecule has 0 spiro atoms. The molecule has 0 aromatic heterocycles. The first kappa shape index (κ1) is 5.79. The fraction of sp³-hybridized carbons (Fsp3) is 1.00. The van der Waals surface area contributed by atoms with Gasteiger partial charge in [0.25, 0.3) is 0 Å². The number of azide groups is 1. The molecule has 0 saturated heterocycles. The summed E-state index contributed by atoms with van der Waals surface area (Å²) in [6.45, 7) is 0.538. The van der Waals surface area contributed by atoms with E-state index >= 15 is 0 Å². The molecule has 0 bridgehead atoms. The molecule has 0 aliphatic rings. The molecular formula is C2H4BrN3. The minimum atomic E-state index is 0.538. The summed E-state index contributed by atoms with van der Waals surface area (Å²) in [6, 6.07) is 0. The van der Waals surface area contributed by atoms with Crippen LogP contribution in [0.2, 0.25) is 0 Å². The maximum absolute atomic E-state index is 7.63.